The fraction of sp³-hybridized carbons (Fsp3) is 0.750. The molecule has 0 unspecified atom stereocenters. The van der Waals surface area contributed by atoms with Crippen LogP contribution in [0.1, 0.15) is 33.1 Å². The summed E-state index contributed by atoms with van der Waals surface area (Å²) in [5.41, 5.74) is 0. The SMILES string of the molecule is CC(C)C[C@H](NC(=O)CNC(=O)[C@H](CO)NC(=O)[C@@H]1CCCN1)C(=O)O. The fourth-order valence-electron chi connectivity index (χ4n) is 2.60. The predicted molar refractivity (Wildman–Crippen MR) is 92.1 cm³/mol. The van der Waals surface area contributed by atoms with E-state index >= 15 is 0 Å². The molecule has 0 radical (unpaired) electrons. The Morgan fingerprint density at radius 1 is 1.15 bits per heavy atom. The molecule has 148 valence electrons. The predicted octanol–water partition coefficient (Wildman–Crippen LogP) is -2.05. The van der Waals surface area contributed by atoms with Crippen LogP contribution >= 0.6 is 0 Å². The molecule has 6 N–H and O–H groups in total. The fourth-order valence-corrected chi connectivity index (χ4v) is 2.60. The van der Waals surface area contributed by atoms with Crippen LogP contribution in [0.2, 0.25) is 0 Å². The minimum absolute atomic E-state index is 0.0733. The third kappa shape index (κ3) is 7.36. The second kappa shape index (κ2) is 10.7. The van der Waals surface area contributed by atoms with Crippen LogP contribution in [0.25, 0.3) is 0 Å². The molecule has 1 aliphatic heterocycles. The van der Waals surface area contributed by atoms with Gasteiger partial charge in [-0.25, -0.2) is 4.79 Å². The number of carbonyl (C=O) groups is 4. The van der Waals surface area contributed by atoms with Gasteiger partial charge in [0.15, 0.2) is 0 Å². The van der Waals surface area contributed by atoms with Crippen molar-refractivity contribution in [1.29, 1.82) is 0 Å². The number of amides is 3. The molecule has 0 aromatic heterocycles. The van der Waals surface area contributed by atoms with Crippen molar-refractivity contribution < 1.29 is 29.4 Å². The zero-order chi connectivity index (χ0) is 19.7. The maximum absolute atomic E-state index is 12.0. The number of aliphatic hydroxyl groups is 1. The van der Waals surface area contributed by atoms with Crippen LogP contribution < -0.4 is 21.3 Å². The monoisotopic (exact) mass is 372 g/mol. The average molecular weight is 372 g/mol. The second-order valence-corrected chi connectivity index (χ2v) is 6.70. The van der Waals surface area contributed by atoms with Crippen molar-refractivity contribution in [1.82, 2.24) is 21.3 Å². The zero-order valence-corrected chi connectivity index (χ0v) is 15.1. The molecule has 1 aliphatic rings. The minimum Gasteiger partial charge on any atom is -0.480 e. The van der Waals surface area contributed by atoms with Crippen LogP contribution in [0, 0.1) is 5.92 Å². The Kier molecular flexibility index (Phi) is 9.00. The number of aliphatic hydroxyl groups excluding tert-OH is 1. The van der Waals surface area contributed by atoms with Crippen molar-refractivity contribution >= 4 is 23.7 Å². The van der Waals surface area contributed by atoms with E-state index in [2.05, 4.69) is 21.3 Å². The van der Waals surface area contributed by atoms with Gasteiger partial charge in [-0.3, -0.25) is 14.4 Å². The van der Waals surface area contributed by atoms with Gasteiger partial charge >= 0.3 is 5.97 Å². The first-order chi connectivity index (χ1) is 12.2. The van der Waals surface area contributed by atoms with E-state index in [0.717, 1.165) is 13.0 Å². The standard InChI is InChI=1S/C16H28N4O6/c1-9(2)6-11(16(25)26)19-13(22)7-18-14(23)12(8-21)20-15(24)10-4-3-5-17-10/h9-12,17,21H,3-8H2,1-2H3,(H,18,23)(H,19,22)(H,20,24)(H,25,26)/t10-,11-,12-/m0/s1. The van der Waals surface area contributed by atoms with Gasteiger partial charge in [-0.2, -0.15) is 0 Å². The Bertz CT molecular complexity index is 519. The van der Waals surface area contributed by atoms with Gasteiger partial charge in [0.1, 0.15) is 12.1 Å². The highest BCUT2D eigenvalue weighted by Crippen LogP contribution is 2.05. The first-order valence-corrected chi connectivity index (χ1v) is 8.69. The van der Waals surface area contributed by atoms with Gasteiger partial charge in [-0.15, -0.1) is 0 Å². The van der Waals surface area contributed by atoms with Crippen LogP contribution in [0.4, 0.5) is 0 Å². The van der Waals surface area contributed by atoms with Gasteiger partial charge in [-0.1, -0.05) is 13.8 Å². The lowest BCUT2D eigenvalue weighted by atomic mass is 10.0. The summed E-state index contributed by atoms with van der Waals surface area (Å²) in [4.78, 5) is 47.0. The molecule has 0 saturated carbocycles. The molecular weight excluding hydrogens is 344 g/mol. The molecule has 1 heterocycles. The number of hydrogen-bond acceptors (Lipinski definition) is 6. The van der Waals surface area contributed by atoms with E-state index in [1.165, 1.54) is 0 Å². The summed E-state index contributed by atoms with van der Waals surface area (Å²) >= 11 is 0. The second-order valence-electron chi connectivity index (χ2n) is 6.70. The quantitative estimate of drug-likeness (QED) is 0.258. The summed E-state index contributed by atoms with van der Waals surface area (Å²) < 4.78 is 0. The number of carboxylic acid groups (broad SMARTS) is 1. The number of hydrogen-bond donors (Lipinski definition) is 6. The molecule has 0 aliphatic carbocycles. The first kappa shape index (κ1) is 21.8. The van der Waals surface area contributed by atoms with Crippen molar-refractivity contribution in [3.8, 4) is 0 Å². The van der Waals surface area contributed by atoms with E-state index in [9.17, 15) is 24.3 Å². The molecule has 0 bridgehead atoms. The van der Waals surface area contributed by atoms with Gasteiger partial charge in [0.25, 0.3) is 0 Å². The molecule has 1 saturated heterocycles. The largest absolute Gasteiger partial charge is 0.480 e. The first-order valence-electron chi connectivity index (χ1n) is 8.69. The van der Waals surface area contributed by atoms with Gasteiger partial charge in [0.05, 0.1) is 19.2 Å². The summed E-state index contributed by atoms with van der Waals surface area (Å²) in [7, 11) is 0. The maximum atomic E-state index is 12.0. The van der Waals surface area contributed by atoms with Crippen molar-refractivity contribution in [3.63, 3.8) is 0 Å². The summed E-state index contributed by atoms with van der Waals surface area (Å²) in [6.45, 7) is 3.32. The van der Waals surface area contributed by atoms with Crippen LogP contribution in [0.3, 0.4) is 0 Å². The van der Waals surface area contributed by atoms with Crippen molar-refractivity contribution in [2.45, 2.75) is 51.2 Å². The van der Waals surface area contributed by atoms with E-state index in [0.29, 0.717) is 6.42 Å². The van der Waals surface area contributed by atoms with Gasteiger partial charge in [0, 0.05) is 0 Å². The lowest BCUT2D eigenvalue weighted by Gasteiger charge is -2.19. The van der Waals surface area contributed by atoms with E-state index in [4.69, 9.17) is 5.11 Å². The molecule has 0 spiro atoms. The molecule has 1 rings (SSSR count). The zero-order valence-electron chi connectivity index (χ0n) is 15.1. The summed E-state index contributed by atoms with van der Waals surface area (Å²) in [6, 6.07) is -2.61. The van der Waals surface area contributed by atoms with Crippen LogP contribution in [-0.2, 0) is 19.2 Å². The smallest absolute Gasteiger partial charge is 0.326 e. The molecule has 0 aromatic rings. The molecule has 26 heavy (non-hydrogen) atoms. The number of nitrogens with one attached hydrogen (secondary N) is 4. The third-order valence-corrected chi connectivity index (χ3v) is 3.96. The highest BCUT2D eigenvalue weighted by Gasteiger charge is 2.27. The Morgan fingerprint density at radius 3 is 2.35 bits per heavy atom. The van der Waals surface area contributed by atoms with E-state index in [-0.39, 0.29) is 18.2 Å². The molecule has 1 fully saturated rings. The molecule has 10 nitrogen and oxygen atoms in total. The Labute approximate surface area is 152 Å². The van der Waals surface area contributed by atoms with Crippen molar-refractivity contribution in [2.24, 2.45) is 5.92 Å². The summed E-state index contributed by atoms with van der Waals surface area (Å²) in [5.74, 6) is -2.84. The van der Waals surface area contributed by atoms with Crippen LogP contribution in [0.15, 0.2) is 0 Å². The Balaban J connectivity index is 2.45. The number of carboxylic acids is 1. The molecule has 10 heteroatoms. The topological polar surface area (TPSA) is 157 Å². The lowest BCUT2D eigenvalue weighted by Crippen LogP contribution is -2.54. The number of rotatable bonds is 10. The third-order valence-electron chi connectivity index (χ3n) is 3.96. The van der Waals surface area contributed by atoms with E-state index < -0.39 is 49.1 Å². The highest BCUT2D eigenvalue weighted by atomic mass is 16.4. The van der Waals surface area contributed by atoms with Crippen molar-refractivity contribution in [3.05, 3.63) is 0 Å². The molecule has 3 amide bonds. The average Bonchev–Trinajstić information content (AvgIpc) is 3.10. The normalized spacial score (nSPS) is 18.8. The van der Waals surface area contributed by atoms with Gasteiger partial charge < -0.3 is 31.5 Å². The molecule has 3 atom stereocenters. The van der Waals surface area contributed by atoms with E-state index in [1.54, 1.807) is 0 Å². The molecular formula is C16H28N4O6. The van der Waals surface area contributed by atoms with Crippen LogP contribution in [0.5, 0.6) is 0 Å². The number of carbonyl (C=O) groups excluding carboxylic acids is 3. The maximum Gasteiger partial charge on any atom is 0.326 e. The molecule has 0 aromatic carbocycles. The Hall–Kier alpha value is -2.20. The summed E-state index contributed by atoms with van der Waals surface area (Å²) in [6.07, 6.45) is 1.77. The Morgan fingerprint density at radius 2 is 1.85 bits per heavy atom. The minimum atomic E-state index is -1.18. The highest BCUT2D eigenvalue weighted by molar-refractivity contribution is 5.92. The van der Waals surface area contributed by atoms with Crippen molar-refractivity contribution in [2.75, 3.05) is 19.7 Å². The van der Waals surface area contributed by atoms with Gasteiger partial charge in [0.2, 0.25) is 17.7 Å². The van der Waals surface area contributed by atoms with Crippen LogP contribution in [-0.4, -0.2) is 71.7 Å². The van der Waals surface area contributed by atoms with E-state index in [1.807, 2.05) is 13.8 Å². The summed E-state index contributed by atoms with van der Waals surface area (Å²) in [5, 5.41) is 28.4. The van der Waals surface area contributed by atoms with Gasteiger partial charge in [-0.05, 0) is 31.7 Å². The number of aliphatic carboxylic acids is 1. The lowest BCUT2D eigenvalue weighted by molar-refractivity contribution is -0.142.